The number of fused-ring (bicyclic) bond motifs is 1. The van der Waals surface area contributed by atoms with E-state index in [0.29, 0.717) is 28.9 Å². The first kappa shape index (κ1) is 25.3. The largest absolute Gasteiger partial charge is 0.494 e. The quantitative estimate of drug-likeness (QED) is 0.202. The molecule has 184 valence electrons. The van der Waals surface area contributed by atoms with Crippen molar-refractivity contribution in [2.75, 3.05) is 17.7 Å². The molecule has 3 aromatic rings. The van der Waals surface area contributed by atoms with Crippen LogP contribution in [0.4, 0.5) is 5.00 Å². The van der Waals surface area contributed by atoms with Crippen molar-refractivity contribution in [2.45, 2.75) is 70.5 Å². The third-order valence-electron chi connectivity index (χ3n) is 6.03. The molecule has 9 heteroatoms. The van der Waals surface area contributed by atoms with Gasteiger partial charge in [-0.05, 0) is 68.9 Å². The van der Waals surface area contributed by atoms with Gasteiger partial charge in [0, 0.05) is 17.0 Å². The summed E-state index contributed by atoms with van der Waals surface area (Å²) in [7, 11) is 0. The van der Waals surface area contributed by atoms with E-state index < -0.39 is 0 Å². The number of carbonyl (C=O) groups excluding carboxylic acids is 1. The van der Waals surface area contributed by atoms with Crippen LogP contribution in [0.15, 0.2) is 29.4 Å². The van der Waals surface area contributed by atoms with Gasteiger partial charge in [0.2, 0.25) is 5.91 Å². The first-order valence-corrected chi connectivity index (χ1v) is 14.1. The van der Waals surface area contributed by atoms with Crippen molar-refractivity contribution in [3.8, 4) is 23.2 Å². The fourth-order valence-electron chi connectivity index (χ4n) is 4.17. The number of anilines is 1. The zero-order valence-electron chi connectivity index (χ0n) is 20.3. The number of benzene rings is 1. The Balaban J connectivity index is 1.40. The predicted octanol–water partition coefficient (Wildman–Crippen LogP) is 6.08. The summed E-state index contributed by atoms with van der Waals surface area (Å²) in [5.41, 5.74) is 2.73. The third kappa shape index (κ3) is 6.06. The van der Waals surface area contributed by atoms with E-state index in [2.05, 4.69) is 28.5 Å². The van der Waals surface area contributed by atoms with Gasteiger partial charge in [0.05, 0.1) is 17.9 Å². The van der Waals surface area contributed by atoms with Crippen molar-refractivity contribution in [3.63, 3.8) is 0 Å². The Labute approximate surface area is 214 Å². The van der Waals surface area contributed by atoms with Crippen LogP contribution in [0.1, 0.15) is 62.0 Å². The fraction of sp³-hybridized carbons (Fsp3) is 0.462. The number of amides is 1. The molecule has 0 unspecified atom stereocenters. The van der Waals surface area contributed by atoms with Crippen molar-refractivity contribution in [2.24, 2.45) is 0 Å². The molecule has 0 radical (unpaired) electrons. The molecule has 0 saturated carbocycles. The lowest BCUT2D eigenvalue weighted by Gasteiger charge is -2.09. The van der Waals surface area contributed by atoms with E-state index in [0.717, 1.165) is 61.2 Å². The number of nitriles is 1. The minimum atomic E-state index is -0.135. The second-order valence-corrected chi connectivity index (χ2v) is 10.5. The normalized spacial score (nSPS) is 13.1. The standard InChI is InChI=1S/C26H31N5O2S2/c1-3-5-15-33-19-13-11-18(12-14-19)24-29-30-26(31(24)4-2)34-17-23(32)28-25-21(16-27)20-9-7-6-8-10-22(20)35-25/h11-14H,3-10,15,17H2,1-2H3,(H,28,32). The Morgan fingerprint density at radius 2 is 2.00 bits per heavy atom. The summed E-state index contributed by atoms with van der Waals surface area (Å²) in [4.78, 5) is 14.0. The second kappa shape index (κ2) is 12.2. The maximum Gasteiger partial charge on any atom is 0.235 e. The van der Waals surface area contributed by atoms with Gasteiger partial charge in [0.15, 0.2) is 11.0 Å². The highest BCUT2D eigenvalue weighted by Gasteiger charge is 2.21. The van der Waals surface area contributed by atoms with Gasteiger partial charge in [-0.1, -0.05) is 31.5 Å². The lowest BCUT2D eigenvalue weighted by atomic mass is 10.1. The van der Waals surface area contributed by atoms with Crippen LogP contribution in [0.3, 0.4) is 0 Å². The number of carbonyl (C=O) groups is 1. The van der Waals surface area contributed by atoms with Gasteiger partial charge in [-0.15, -0.1) is 21.5 Å². The summed E-state index contributed by atoms with van der Waals surface area (Å²) < 4.78 is 7.76. The molecule has 1 aliphatic carbocycles. The van der Waals surface area contributed by atoms with Crippen LogP contribution in [0, 0.1) is 11.3 Å². The molecule has 2 aromatic heterocycles. The fourth-order valence-corrected chi connectivity index (χ4v) is 6.23. The van der Waals surface area contributed by atoms with E-state index >= 15 is 0 Å². The molecular formula is C26H31N5O2S2. The number of hydrogen-bond donors (Lipinski definition) is 1. The predicted molar refractivity (Wildman–Crippen MR) is 141 cm³/mol. The van der Waals surface area contributed by atoms with E-state index in [1.807, 2.05) is 35.8 Å². The summed E-state index contributed by atoms with van der Waals surface area (Å²) in [5.74, 6) is 1.68. The van der Waals surface area contributed by atoms with E-state index in [9.17, 15) is 10.1 Å². The van der Waals surface area contributed by atoms with Crippen molar-refractivity contribution in [3.05, 3.63) is 40.3 Å². The number of unbranched alkanes of at least 4 members (excludes halogenated alkanes) is 1. The number of hydrogen-bond acceptors (Lipinski definition) is 7. The zero-order valence-corrected chi connectivity index (χ0v) is 21.9. The summed E-state index contributed by atoms with van der Waals surface area (Å²) >= 11 is 2.92. The molecule has 1 amide bonds. The average molecular weight is 510 g/mol. The minimum absolute atomic E-state index is 0.135. The molecule has 7 nitrogen and oxygen atoms in total. The van der Waals surface area contributed by atoms with E-state index in [1.165, 1.54) is 23.1 Å². The van der Waals surface area contributed by atoms with Gasteiger partial charge >= 0.3 is 0 Å². The van der Waals surface area contributed by atoms with E-state index in [4.69, 9.17) is 4.74 Å². The van der Waals surface area contributed by atoms with Gasteiger partial charge in [-0.2, -0.15) is 5.26 Å². The number of rotatable bonds is 10. The molecule has 1 aromatic carbocycles. The maximum atomic E-state index is 12.8. The average Bonchev–Trinajstić information content (AvgIpc) is 3.35. The van der Waals surface area contributed by atoms with Crippen LogP contribution in [0.2, 0.25) is 0 Å². The number of aromatic nitrogens is 3. The third-order valence-corrected chi connectivity index (χ3v) is 8.20. The molecular weight excluding hydrogens is 478 g/mol. The highest BCUT2D eigenvalue weighted by atomic mass is 32.2. The Morgan fingerprint density at radius 1 is 1.20 bits per heavy atom. The van der Waals surface area contributed by atoms with Crippen LogP contribution in [-0.4, -0.2) is 33.0 Å². The van der Waals surface area contributed by atoms with Gasteiger partial charge in [0.1, 0.15) is 16.8 Å². The lowest BCUT2D eigenvalue weighted by molar-refractivity contribution is -0.113. The Morgan fingerprint density at radius 3 is 2.74 bits per heavy atom. The molecule has 0 atom stereocenters. The van der Waals surface area contributed by atoms with Gasteiger partial charge in [-0.3, -0.25) is 4.79 Å². The lowest BCUT2D eigenvalue weighted by Crippen LogP contribution is -2.14. The molecule has 1 aliphatic rings. The minimum Gasteiger partial charge on any atom is -0.494 e. The van der Waals surface area contributed by atoms with Crippen molar-refractivity contribution in [1.29, 1.82) is 5.26 Å². The maximum absolute atomic E-state index is 12.8. The zero-order chi connectivity index (χ0) is 24.6. The Hall–Kier alpha value is -2.83. The smallest absolute Gasteiger partial charge is 0.235 e. The molecule has 0 saturated heterocycles. The molecule has 35 heavy (non-hydrogen) atoms. The first-order valence-electron chi connectivity index (χ1n) is 12.3. The summed E-state index contributed by atoms with van der Waals surface area (Å²) in [5, 5.41) is 22.8. The Bertz CT molecular complexity index is 1190. The topological polar surface area (TPSA) is 92.8 Å². The molecule has 1 N–H and O–H groups in total. The molecule has 0 fully saturated rings. The molecule has 0 aliphatic heterocycles. The first-order chi connectivity index (χ1) is 17.1. The Kier molecular flexibility index (Phi) is 8.83. The monoisotopic (exact) mass is 509 g/mol. The summed E-state index contributed by atoms with van der Waals surface area (Å²) in [6.07, 6.45) is 7.50. The van der Waals surface area contributed by atoms with Crippen LogP contribution < -0.4 is 10.1 Å². The molecule has 0 spiro atoms. The molecule has 4 rings (SSSR count). The number of thioether (sulfide) groups is 1. The van der Waals surface area contributed by atoms with Crippen molar-refractivity contribution < 1.29 is 9.53 Å². The van der Waals surface area contributed by atoms with E-state index in [1.54, 1.807) is 11.3 Å². The van der Waals surface area contributed by atoms with Gasteiger partial charge in [0.25, 0.3) is 0 Å². The van der Waals surface area contributed by atoms with Crippen molar-refractivity contribution >= 4 is 34.0 Å². The van der Waals surface area contributed by atoms with Crippen molar-refractivity contribution in [1.82, 2.24) is 14.8 Å². The molecule has 0 bridgehead atoms. The number of aryl methyl sites for hydroxylation is 1. The summed E-state index contributed by atoms with van der Waals surface area (Å²) in [6, 6.07) is 10.2. The highest BCUT2D eigenvalue weighted by Crippen LogP contribution is 2.37. The summed E-state index contributed by atoms with van der Waals surface area (Å²) in [6.45, 7) is 5.59. The van der Waals surface area contributed by atoms with Crippen LogP contribution in [0.5, 0.6) is 5.75 Å². The SMILES string of the molecule is CCCCOc1ccc(-c2nnc(SCC(=O)Nc3sc4c(c3C#N)CCCCC4)n2CC)cc1. The van der Waals surface area contributed by atoms with Gasteiger partial charge < -0.3 is 14.6 Å². The number of thiophene rings is 1. The van der Waals surface area contributed by atoms with Gasteiger partial charge in [-0.25, -0.2) is 0 Å². The number of nitrogens with zero attached hydrogens (tertiary/aromatic N) is 4. The van der Waals surface area contributed by atoms with E-state index in [-0.39, 0.29) is 11.7 Å². The number of ether oxygens (including phenoxy) is 1. The number of nitrogens with one attached hydrogen (secondary N) is 1. The second-order valence-electron chi connectivity index (χ2n) is 8.49. The van der Waals surface area contributed by atoms with Crippen LogP contribution >= 0.6 is 23.1 Å². The molecule has 2 heterocycles. The van der Waals surface area contributed by atoms with Crippen LogP contribution in [-0.2, 0) is 24.2 Å². The highest BCUT2D eigenvalue weighted by molar-refractivity contribution is 7.99. The van der Waals surface area contributed by atoms with Crippen LogP contribution in [0.25, 0.3) is 11.4 Å².